The van der Waals surface area contributed by atoms with Crippen molar-refractivity contribution in [2.45, 2.75) is 32.5 Å². The molecule has 33 heteroatoms. The summed E-state index contributed by atoms with van der Waals surface area (Å²) in [5, 5.41) is 47.3. The Hall–Kier alpha value is -17.2. The maximum Gasteiger partial charge on any atom is 0.259 e. The molecule has 0 saturated carbocycles. The molecule has 3 amide bonds. The molecule has 16 rings (SSSR count). The highest BCUT2D eigenvalue weighted by molar-refractivity contribution is 7.91. The number of primary sulfonamides is 3. The molecule has 0 aliphatic heterocycles. The lowest BCUT2D eigenvalue weighted by molar-refractivity contribution is 0.0988. The first-order chi connectivity index (χ1) is 66.5. The molecular formula is C106H91N13O16S4. The van der Waals surface area contributed by atoms with Gasteiger partial charge in [-0.1, -0.05) is 237 Å². The largest absolute Gasteiger partial charge is 0.457 e. The molecule has 29 nitrogen and oxygen atoms in total. The number of sulfonamides is 3. The molecule has 0 fully saturated rings. The summed E-state index contributed by atoms with van der Waals surface area (Å²) >= 11 is 0. The molecule has 0 aromatic heterocycles. The number of amides is 3. The fourth-order valence-corrected chi connectivity index (χ4v) is 17.4. The fraction of sp³-hybridized carbons (Fsp3) is 0.0283. The van der Waals surface area contributed by atoms with Gasteiger partial charge < -0.3 is 57.8 Å². The Morgan fingerprint density at radius 3 is 0.871 bits per heavy atom. The van der Waals surface area contributed by atoms with E-state index in [1.807, 2.05) is 36.4 Å². The van der Waals surface area contributed by atoms with E-state index in [-0.39, 0.29) is 67.0 Å². The van der Waals surface area contributed by atoms with Crippen LogP contribution in [0.4, 0.5) is 17.1 Å². The highest BCUT2D eigenvalue weighted by Gasteiger charge is 2.24. The Morgan fingerprint density at radius 1 is 0.288 bits per heavy atom. The summed E-state index contributed by atoms with van der Waals surface area (Å²) in [6.07, 6.45) is 1.28. The van der Waals surface area contributed by atoms with E-state index in [1.54, 1.807) is 334 Å². The van der Waals surface area contributed by atoms with Gasteiger partial charge in [0.25, 0.3) is 17.7 Å². The van der Waals surface area contributed by atoms with E-state index >= 15 is 0 Å². The number of rotatable bonds is 29. The average Bonchev–Trinajstić information content (AvgIpc) is 0.826. The van der Waals surface area contributed by atoms with Crippen LogP contribution in [0.15, 0.2) is 408 Å². The lowest BCUT2D eigenvalue weighted by Gasteiger charge is -2.13. The Bertz CT molecular complexity index is 7580. The van der Waals surface area contributed by atoms with Crippen molar-refractivity contribution in [3.8, 4) is 90.5 Å². The Balaban J connectivity index is 0.000000156. The fourth-order valence-electron chi connectivity index (χ4n) is 14.2. The molecule has 16 aromatic carbocycles. The Morgan fingerprint density at radius 2 is 0.554 bits per heavy atom. The van der Waals surface area contributed by atoms with Crippen LogP contribution >= 0.6 is 0 Å². The second-order valence-electron chi connectivity index (χ2n) is 30.8. The van der Waals surface area contributed by atoms with E-state index in [1.165, 1.54) is 24.5 Å². The van der Waals surface area contributed by atoms with E-state index in [4.69, 9.17) is 73.5 Å². The summed E-state index contributed by atoms with van der Waals surface area (Å²) in [7, 11) is -15.0. The maximum atomic E-state index is 13.0. The van der Waals surface area contributed by atoms with Crippen LogP contribution in [0.3, 0.4) is 0 Å². The smallest absolute Gasteiger partial charge is 0.259 e. The molecule has 0 unspecified atom stereocenters. The normalized spacial score (nSPS) is 11.1. The maximum absolute atomic E-state index is 13.0. The molecule has 20 N–H and O–H groups in total. The van der Waals surface area contributed by atoms with Crippen molar-refractivity contribution in [2.24, 2.45) is 38.4 Å². The van der Waals surface area contributed by atoms with Crippen molar-refractivity contribution in [2.75, 3.05) is 22.2 Å². The molecule has 0 saturated heterocycles. The van der Waals surface area contributed by atoms with Crippen LogP contribution in [0.5, 0.6) is 46.0 Å². The van der Waals surface area contributed by atoms with Gasteiger partial charge in [0.1, 0.15) is 63.5 Å². The molecule has 0 bridgehead atoms. The Kier molecular flexibility index (Phi) is 32.0. The number of nitrogens with two attached hydrogens (primary N) is 7. The molecule has 0 heterocycles. The lowest BCUT2D eigenvalue weighted by atomic mass is 9.99. The van der Waals surface area contributed by atoms with Gasteiger partial charge in [0.15, 0.2) is 15.6 Å². The molecule has 0 radical (unpaired) electrons. The van der Waals surface area contributed by atoms with Gasteiger partial charge in [-0.05, 0) is 179 Å². The quantitative estimate of drug-likeness (QED) is 0.0118. The molecule has 16 aromatic rings. The van der Waals surface area contributed by atoms with E-state index in [0.717, 1.165) is 11.1 Å². The molecule has 139 heavy (non-hydrogen) atoms. The number of nitrogen functional groups attached to an aromatic ring is 3. The summed E-state index contributed by atoms with van der Waals surface area (Å²) < 4.78 is 119. The summed E-state index contributed by atoms with van der Waals surface area (Å²) in [5.41, 5.74) is 33.3. The van der Waals surface area contributed by atoms with Crippen LogP contribution in [0, 0.1) is 16.2 Å². The number of Topliss-reactive ketones (excluding diaryl/α,β-unsaturated/α-hetero) is 1. The minimum absolute atomic E-state index is 0.0247. The zero-order valence-corrected chi connectivity index (χ0v) is 77.3. The van der Waals surface area contributed by atoms with Crippen LogP contribution in [0.1, 0.15) is 69.2 Å². The zero-order chi connectivity index (χ0) is 99.1. The molecule has 0 atom stereocenters. The third kappa shape index (κ3) is 26.7. The number of para-hydroxylation sites is 4. The van der Waals surface area contributed by atoms with Gasteiger partial charge in [-0.25, -0.2) is 49.1 Å². The number of carbonyl (C=O) groups is 4. The first-order valence-electron chi connectivity index (χ1n) is 42.2. The van der Waals surface area contributed by atoms with Crippen molar-refractivity contribution in [3.05, 3.63) is 438 Å². The second kappa shape index (κ2) is 44.8. The van der Waals surface area contributed by atoms with Crippen LogP contribution < -0.4 is 73.2 Å². The predicted octanol–water partition coefficient (Wildman–Crippen LogP) is 18.4. The lowest BCUT2D eigenvalue weighted by Crippen LogP contribution is -2.14. The van der Waals surface area contributed by atoms with Crippen LogP contribution in [-0.2, 0) is 52.9 Å². The molecule has 700 valence electrons. The summed E-state index contributed by atoms with van der Waals surface area (Å²) in [6, 6.07) is 109. The molecule has 0 spiro atoms. The van der Waals surface area contributed by atoms with Crippen molar-refractivity contribution in [3.63, 3.8) is 0 Å². The van der Waals surface area contributed by atoms with Crippen molar-refractivity contribution in [1.29, 1.82) is 16.2 Å². The van der Waals surface area contributed by atoms with Gasteiger partial charge in [-0.15, -0.1) is 0 Å². The van der Waals surface area contributed by atoms with Gasteiger partial charge in [-0.3, -0.25) is 35.4 Å². The van der Waals surface area contributed by atoms with E-state index in [2.05, 4.69) is 16.0 Å². The number of ketones is 1. The minimum atomic E-state index is -3.89. The van der Waals surface area contributed by atoms with Crippen LogP contribution in [-0.4, -0.2) is 80.9 Å². The molecule has 0 aliphatic rings. The Labute approximate surface area is 802 Å². The number of anilines is 3. The SMILES string of the molecule is CS(=O)(=O)c1ccccc1-c1ccc(NC(=O)c2ccccc2Oc2cccc(C(=N)N)c2)cc1.N=C(N)c1cccc(Oc2ccccc2C(=O)Nc2ccc(-c3ccccc3S(N)(=O)=O)cc2)c1.N=C(N)c1cccc(Oc2ccccc2CC(=O)c2ccc(-c3ccccc3S(N)(=O)=O)cc2)c1.NCc1cccc(Oc2ccccc2C(=O)Nc2ccc(-c3ccccc3S(N)(=O)=O)cc2)c1. The molecule has 0 aliphatic carbocycles. The standard InChI is InChI=1S/2C27H23N3O4S.C26H22N4O4S.C26H23N3O4S/c1-35(32,33)25-12-5-3-9-22(25)18-13-15-20(16-14-18)30-27(31)23-10-2-4-11-24(23)34-21-8-6-7-19(17-21)26(28)29;28-27(29)21-7-5-8-22(16-21)34-25-10-3-1-6-20(25)17-24(31)19-14-12-18(13-15-19)23-9-2-4-11-26(23)35(30,32)33;27-25(28)18-6-5-7-20(16-18)34-23-10-3-1-9-22(23)26(31)30-19-14-12-17(13-15-19)21-8-2-4-11-24(21)35(29,32)33;27-17-18-6-5-7-21(16-18)33-24-10-3-1-9-23(24)26(30)29-20-14-12-19(13-15-20)22-8-2-4-11-25(22)34(28,31)32/h2-17H,1H3,(H3,28,29)(H,30,31);1-16H,17H2,(H3,28,29)(H2,30,32,33);1-16H,(H3,27,28)(H,30,31)(H2,29,32,33);1-16H,17,27H2,(H,29,30)(H2,28,31,32). The van der Waals surface area contributed by atoms with Crippen molar-refractivity contribution in [1.82, 2.24) is 0 Å². The third-order valence-corrected chi connectivity index (χ3v) is 25.0. The van der Waals surface area contributed by atoms with Crippen molar-refractivity contribution < 1.29 is 71.8 Å². The van der Waals surface area contributed by atoms with Gasteiger partial charge in [-0.2, -0.15) is 0 Å². The van der Waals surface area contributed by atoms with E-state index in [0.29, 0.717) is 153 Å². The zero-order valence-electron chi connectivity index (χ0n) is 74.1. The first kappa shape index (κ1) is 99.3. The summed E-state index contributed by atoms with van der Waals surface area (Å²) in [6.45, 7) is 0.386. The highest BCUT2D eigenvalue weighted by atomic mass is 32.2. The van der Waals surface area contributed by atoms with Gasteiger partial charge in [0.2, 0.25) is 30.1 Å². The summed E-state index contributed by atoms with van der Waals surface area (Å²) in [4.78, 5) is 52.4. The minimum Gasteiger partial charge on any atom is -0.457 e. The predicted molar refractivity (Wildman–Crippen MR) is 539 cm³/mol. The number of benzene rings is 16. The highest BCUT2D eigenvalue weighted by Crippen LogP contribution is 2.37. The number of ether oxygens (including phenoxy) is 4. The number of nitrogens with one attached hydrogen (secondary N) is 6. The molecular weight excluding hydrogens is 1840 g/mol. The van der Waals surface area contributed by atoms with Gasteiger partial charge in [0.05, 0.1) is 36.3 Å². The number of hydrogen-bond acceptors (Lipinski definition) is 20. The third-order valence-electron chi connectivity index (χ3n) is 20.9. The van der Waals surface area contributed by atoms with Crippen molar-refractivity contribution >= 4 is 98.0 Å². The number of hydrogen-bond donors (Lipinski definition) is 13. The topological polar surface area (TPSA) is 532 Å². The van der Waals surface area contributed by atoms with Gasteiger partial charge >= 0.3 is 0 Å². The monoisotopic (exact) mass is 1930 g/mol. The van der Waals surface area contributed by atoms with E-state index < -0.39 is 39.9 Å². The van der Waals surface area contributed by atoms with Crippen LogP contribution in [0.25, 0.3) is 44.5 Å². The number of sulfone groups is 1. The number of amidine groups is 3. The second-order valence-corrected chi connectivity index (χ2v) is 37.4. The average molecular weight is 1930 g/mol. The number of carbonyl (C=O) groups excluding carboxylic acids is 4. The van der Waals surface area contributed by atoms with Gasteiger partial charge in [0, 0.05) is 86.4 Å². The summed E-state index contributed by atoms with van der Waals surface area (Å²) in [5.74, 6) is 2.16. The van der Waals surface area contributed by atoms with Crippen LogP contribution in [0.2, 0.25) is 0 Å². The van der Waals surface area contributed by atoms with E-state index in [9.17, 15) is 52.8 Å². The first-order valence-corrected chi connectivity index (χ1v) is 48.8.